The van der Waals surface area contributed by atoms with Crippen LogP contribution < -0.4 is 5.32 Å². The van der Waals surface area contributed by atoms with Crippen LogP contribution in [0.4, 0.5) is 4.79 Å². The van der Waals surface area contributed by atoms with Crippen LogP contribution in [0.3, 0.4) is 0 Å². The van der Waals surface area contributed by atoms with Gasteiger partial charge in [0.15, 0.2) is 11.6 Å². The van der Waals surface area contributed by atoms with Crippen molar-refractivity contribution < 1.29 is 24.2 Å². The summed E-state index contributed by atoms with van der Waals surface area (Å²) in [5.74, 6) is -1.81. The van der Waals surface area contributed by atoms with Crippen molar-refractivity contribution >= 4 is 41.0 Å². The van der Waals surface area contributed by atoms with E-state index in [0.29, 0.717) is 5.56 Å². The van der Waals surface area contributed by atoms with Gasteiger partial charge in [0.1, 0.15) is 19.2 Å². The smallest absolute Gasteiger partial charge is 0.408 e. The number of aromatic nitrogens is 4. The maximum Gasteiger partial charge on any atom is 0.408 e. The Bertz CT molecular complexity index is 1100. The normalized spacial score (nSPS) is 11.6. The number of benzene rings is 2. The fourth-order valence-corrected chi connectivity index (χ4v) is 3.35. The number of carboxylic acid groups (broad SMARTS) is 1. The Morgan fingerprint density at radius 3 is 2.41 bits per heavy atom. The van der Waals surface area contributed by atoms with Crippen molar-refractivity contribution in [2.45, 2.75) is 25.6 Å². The minimum atomic E-state index is -1.37. The molecule has 1 heterocycles. The summed E-state index contributed by atoms with van der Waals surface area (Å²) in [6.07, 6.45) is -1.58. The third kappa shape index (κ3) is 6.02. The Hall–Kier alpha value is -3.50. The van der Waals surface area contributed by atoms with Crippen LogP contribution in [0.5, 0.6) is 0 Å². The van der Waals surface area contributed by atoms with Gasteiger partial charge in [-0.1, -0.05) is 59.6 Å². The van der Waals surface area contributed by atoms with Gasteiger partial charge in [0.25, 0.3) is 0 Å². The maximum absolute atomic E-state index is 12.8. The number of halogens is 2. The lowest BCUT2D eigenvalue weighted by Crippen LogP contribution is -2.44. The Balaban J connectivity index is 1.71. The first-order chi connectivity index (χ1) is 15.3. The molecule has 2 aromatic carbocycles. The Morgan fingerprint density at radius 2 is 1.75 bits per heavy atom. The third-order valence-corrected chi connectivity index (χ3v) is 4.93. The highest BCUT2D eigenvalue weighted by molar-refractivity contribution is 6.39. The minimum absolute atomic E-state index is 0.0389. The molecule has 0 saturated heterocycles. The van der Waals surface area contributed by atoms with Crippen molar-refractivity contribution in [1.82, 2.24) is 25.5 Å². The van der Waals surface area contributed by atoms with Crippen molar-refractivity contribution in [3.8, 4) is 11.4 Å². The number of ether oxygens (including phenoxy) is 1. The van der Waals surface area contributed by atoms with Crippen LogP contribution in [0.25, 0.3) is 11.4 Å². The van der Waals surface area contributed by atoms with Gasteiger partial charge < -0.3 is 15.2 Å². The summed E-state index contributed by atoms with van der Waals surface area (Å²) in [7, 11) is 0. The first-order valence-corrected chi connectivity index (χ1v) is 10.0. The number of carbonyl (C=O) groups excluding carboxylic acids is 2. The van der Waals surface area contributed by atoms with E-state index >= 15 is 0 Å². The zero-order valence-corrected chi connectivity index (χ0v) is 18.0. The summed E-state index contributed by atoms with van der Waals surface area (Å²) in [5.41, 5.74) is 1.05. The van der Waals surface area contributed by atoms with E-state index in [1.807, 2.05) is 6.07 Å². The zero-order chi connectivity index (χ0) is 23.1. The van der Waals surface area contributed by atoms with Gasteiger partial charge in [0.2, 0.25) is 0 Å². The van der Waals surface area contributed by atoms with Crippen LogP contribution in [0.15, 0.2) is 48.5 Å². The van der Waals surface area contributed by atoms with Gasteiger partial charge in [-0.3, -0.25) is 9.59 Å². The number of amides is 1. The Morgan fingerprint density at radius 1 is 1.06 bits per heavy atom. The Labute approximate surface area is 192 Å². The topological polar surface area (TPSA) is 136 Å². The molecule has 0 fully saturated rings. The van der Waals surface area contributed by atoms with Gasteiger partial charge >= 0.3 is 12.1 Å². The molecule has 2 N–H and O–H groups in total. The molecule has 0 spiro atoms. The molecule has 0 bridgehead atoms. The molecule has 166 valence electrons. The fraction of sp³-hybridized carbons (Fsp3) is 0.200. The van der Waals surface area contributed by atoms with Gasteiger partial charge in [-0.05, 0) is 28.1 Å². The number of carbonyl (C=O) groups is 3. The van der Waals surface area contributed by atoms with Gasteiger partial charge in [0.05, 0.1) is 22.0 Å². The Kier molecular flexibility index (Phi) is 7.74. The molecule has 32 heavy (non-hydrogen) atoms. The number of carboxylic acids is 1. The maximum atomic E-state index is 12.8. The summed E-state index contributed by atoms with van der Waals surface area (Å²) >= 11 is 12.4. The average Bonchev–Trinajstić information content (AvgIpc) is 3.19. The predicted molar refractivity (Wildman–Crippen MR) is 114 cm³/mol. The van der Waals surface area contributed by atoms with Crippen molar-refractivity contribution in [1.29, 1.82) is 0 Å². The van der Waals surface area contributed by atoms with E-state index in [1.54, 1.807) is 42.5 Å². The monoisotopic (exact) mass is 477 g/mol. The number of hydrogen-bond donors (Lipinski definition) is 2. The lowest BCUT2D eigenvalue weighted by atomic mass is 10.1. The quantitative estimate of drug-likeness (QED) is 0.479. The SMILES string of the molecule is O=C(O)CC(NC(=O)OCc1ccccc1)C(=O)Cn1nnnc1-c1c(Cl)cccc1Cl. The summed E-state index contributed by atoms with van der Waals surface area (Å²) < 4.78 is 6.20. The molecule has 1 aromatic heterocycles. The second-order valence-corrected chi connectivity index (χ2v) is 7.39. The van der Waals surface area contributed by atoms with Gasteiger partial charge in [-0.25, -0.2) is 9.48 Å². The highest BCUT2D eigenvalue weighted by Crippen LogP contribution is 2.32. The number of nitrogens with zero attached hydrogens (tertiary/aromatic N) is 4. The highest BCUT2D eigenvalue weighted by Gasteiger charge is 2.27. The van der Waals surface area contributed by atoms with E-state index in [1.165, 1.54) is 0 Å². The lowest BCUT2D eigenvalue weighted by Gasteiger charge is -2.16. The molecule has 1 atom stereocenters. The number of rotatable bonds is 9. The summed E-state index contributed by atoms with van der Waals surface area (Å²) in [6, 6.07) is 12.3. The third-order valence-electron chi connectivity index (χ3n) is 4.30. The number of alkyl carbamates (subject to hydrolysis) is 1. The van der Waals surface area contributed by atoms with Crippen LogP contribution in [0.1, 0.15) is 12.0 Å². The van der Waals surface area contributed by atoms with Gasteiger partial charge in [-0.15, -0.1) is 5.10 Å². The van der Waals surface area contributed by atoms with Crippen molar-refractivity contribution in [3.63, 3.8) is 0 Å². The standard InChI is InChI=1S/C20H17Cl2N5O5/c21-13-7-4-8-14(22)18(13)19-24-25-26-27(19)10-16(28)15(9-17(29)30)23-20(31)32-11-12-5-2-1-3-6-12/h1-8,15H,9-11H2,(H,23,31)(H,29,30). The van der Waals surface area contributed by atoms with Crippen LogP contribution in [-0.2, 0) is 27.5 Å². The molecule has 3 rings (SSSR count). The average molecular weight is 478 g/mol. The van der Waals surface area contributed by atoms with E-state index in [4.69, 9.17) is 33.0 Å². The number of hydrogen-bond acceptors (Lipinski definition) is 7. The van der Waals surface area contributed by atoms with Crippen LogP contribution in [0.2, 0.25) is 10.0 Å². The summed E-state index contributed by atoms with van der Waals surface area (Å²) in [5, 5.41) is 23.1. The number of ketones is 1. The molecule has 0 saturated carbocycles. The zero-order valence-electron chi connectivity index (χ0n) is 16.4. The molecule has 3 aromatic rings. The molecule has 0 aliphatic carbocycles. The van der Waals surface area contributed by atoms with Crippen LogP contribution >= 0.6 is 23.2 Å². The fourth-order valence-electron chi connectivity index (χ4n) is 2.79. The molecule has 0 radical (unpaired) electrons. The lowest BCUT2D eigenvalue weighted by molar-refractivity contribution is -0.139. The van der Waals surface area contributed by atoms with E-state index in [0.717, 1.165) is 10.2 Å². The van der Waals surface area contributed by atoms with Crippen LogP contribution in [0, 0.1) is 0 Å². The van der Waals surface area contributed by atoms with Gasteiger partial charge in [0, 0.05) is 0 Å². The number of aliphatic carboxylic acids is 1. The minimum Gasteiger partial charge on any atom is -0.481 e. The van der Waals surface area contributed by atoms with Crippen molar-refractivity contribution in [2.75, 3.05) is 0 Å². The van der Waals surface area contributed by atoms with E-state index in [9.17, 15) is 14.4 Å². The summed E-state index contributed by atoms with van der Waals surface area (Å²) in [4.78, 5) is 36.2. The molecule has 0 aliphatic rings. The molecule has 0 aliphatic heterocycles. The number of Topliss-reactive ketones (excluding diaryl/α,β-unsaturated/α-hetero) is 1. The number of tetrazole rings is 1. The highest BCUT2D eigenvalue weighted by atomic mass is 35.5. The van der Waals surface area contributed by atoms with E-state index < -0.39 is 36.9 Å². The molecule has 10 nitrogen and oxygen atoms in total. The molecule has 1 unspecified atom stereocenters. The van der Waals surface area contributed by atoms with Crippen molar-refractivity contribution in [2.24, 2.45) is 0 Å². The van der Waals surface area contributed by atoms with E-state index in [-0.39, 0.29) is 22.5 Å². The molecule has 12 heteroatoms. The first-order valence-electron chi connectivity index (χ1n) is 9.27. The molecular weight excluding hydrogens is 461 g/mol. The van der Waals surface area contributed by atoms with Gasteiger partial charge in [-0.2, -0.15) is 0 Å². The first kappa shape index (κ1) is 23.2. The largest absolute Gasteiger partial charge is 0.481 e. The second-order valence-electron chi connectivity index (χ2n) is 6.58. The molecular formula is C20H17Cl2N5O5. The van der Waals surface area contributed by atoms with E-state index in [2.05, 4.69) is 20.8 Å². The predicted octanol–water partition coefficient (Wildman–Crippen LogP) is 2.99. The number of nitrogens with one attached hydrogen (secondary N) is 1. The molecule has 1 amide bonds. The summed E-state index contributed by atoms with van der Waals surface area (Å²) in [6.45, 7) is -0.469. The second kappa shape index (κ2) is 10.7. The van der Waals surface area contributed by atoms with Crippen molar-refractivity contribution in [3.05, 3.63) is 64.1 Å². The van der Waals surface area contributed by atoms with Crippen LogP contribution in [-0.4, -0.2) is 49.2 Å².